The van der Waals surface area contributed by atoms with Gasteiger partial charge >= 0.3 is 0 Å². The molecule has 0 saturated carbocycles. The van der Waals surface area contributed by atoms with E-state index in [2.05, 4.69) is 78.6 Å². The summed E-state index contributed by atoms with van der Waals surface area (Å²) in [5.74, 6) is 0. The molecule has 0 unspecified atom stereocenters. The lowest BCUT2D eigenvalue weighted by atomic mass is 10.0. The van der Waals surface area contributed by atoms with Crippen molar-refractivity contribution in [3.8, 4) is 0 Å². The van der Waals surface area contributed by atoms with E-state index in [4.69, 9.17) is 0 Å². The minimum absolute atomic E-state index is 1.13. The molecule has 1 heteroatoms. The minimum Gasteiger partial charge on any atom is -0.474 e. The van der Waals surface area contributed by atoms with Gasteiger partial charge < -0.3 is 4.74 Å². The summed E-state index contributed by atoms with van der Waals surface area (Å²) in [4.78, 5) is 0. The summed E-state index contributed by atoms with van der Waals surface area (Å²) in [7, 11) is 0. The fourth-order valence-electron chi connectivity index (χ4n) is 1.65. The maximum absolute atomic E-state index is 4.36. The second-order valence-corrected chi connectivity index (χ2v) is 3.94. The fourth-order valence-corrected chi connectivity index (χ4v) is 1.65. The summed E-state index contributed by atoms with van der Waals surface area (Å²) in [5.41, 5.74) is 2.83. The lowest BCUT2D eigenvalue weighted by Crippen LogP contribution is -1.89. The van der Waals surface area contributed by atoms with Gasteiger partial charge in [0.1, 0.15) is 0 Å². The topological polar surface area (TPSA) is 9.23 Å². The van der Waals surface area contributed by atoms with Gasteiger partial charge in [-0.25, -0.2) is 0 Å². The van der Waals surface area contributed by atoms with E-state index in [1.54, 1.807) is 0 Å². The third kappa shape index (κ3) is 6.89. The SMILES string of the molecule is C=COC=C.c1ccc(CCc2ccccc2)cc1. The molecular formula is C18H20O. The molecule has 0 atom stereocenters. The molecule has 0 N–H and O–H groups in total. The number of ether oxygens (including phenoxy) is 1. The highest BCUT2D eigenvalue weighted by molar-refractivity contribution is 5.19. The summed E-state index contributed by atoms with van der Waals surface area (Å²) in [6.45, 7) is 6.51. The molecule has 0 spiro atoms. The van der Waals surface area contributed by atoms with Crippen LogP contribution in [0.15, 0.2) is 86.3 Å². The van der Waals surface area contributed by atoms with Gasteiger partial charge in [-0.15, -0.1) is 0 Å². The van der Waals surface area contributed by atoms with E-state index in [9.17, 15) is 0 Å². The normalized spacial score (nSPS) is 8.84. The zero-order valence-corrected chi connectivity index (χ0v) is 11.2. The van der Waals surface area contributed by atoms with Crippen LogP contribution in [0.3, 0.4) is 0 Å². The molecule has 0 aromatic heterocycles. The van der Waals surface area contributed by atoms with Gasteiger partial charge in [0.05, 0.1) is 12.5 Å². The van der Waals surface area contributed by atoms with Crippen LogP contribution in [-0.4, -0.2) is 0 Å². The Morgan fingerprint density at radius 2 is 1.05 bits per heavy atom. The second-order valence-electron chi connectivity index (χ2n) is 3.94. The van der Waals surface area contributed by atoms with E-state index >= 15 is 0 Å². The maximum Gasteiger partial charge on any atom is 0.0829 e. The van der Waals surface area contributed by atoms with Crippen molar-refractivity contribution in [3.05, 3.63) is 97.5 Å². The van der Waals surface area contributed by atoms with Crippen molar-refractivity contribution in [3.63, 3.8) is 0 Å². The molecule has 0 saturated heterocycles. The van der Waals surface area contributed by atoms with Gasteiger partial charge in [-0.1, -0.05) is 73.8 Å². The van der Waals surface area contributed by atoms with E-state index in [1.807, 2.05) is 0 Å². The highest BCUT2D eigenvalue weighted by Gasteiger charge is 1.93. The average molecular weight is 252 g/mol. The summed E-state index contributed by atoms with van der Waals surface area (Å²) in [6, 6.07) is 21.2. The highest BCUT2D eigenvalue weighted by Crippen LogP contribution is 2.06. The molecule has 1 nitrogen and oxygen atoms in total. The molecule has 2 aromatic carbocycles. The Bertz CT molecular complexity index is 414. The molecule has 0 aliphatic carbocycles. The monoisotopic (exact) mass is 252 g/mol. The van der Waals surface area contributed by atoms with Gasteiger partial charge in [-0.05, 0) is 24.0 Å². The molecule has 98 valence electrons. The van der Waals surface area contributed by atoms with E-state index in [0.29, 0.717) is 0 Å². The van der Waals surface area contributed by atoms with Crippen molar-refractivity contribution in [1.29, 1.82) is 0 Å². The third-order valence-electron chi connectivity index (χ3n) is 2.58. The number of hydrogen-bond donors (Lipinski definition) is 0. The van der Waals surface area contributed by atoms with Crippen molar-refractivity contribution >= 4 is 0 Å². The molecule has 2 aromatic rings. The van der Waals surface area contributed by atoms with Crippen LogP contribution in [0, 0.1) is 0 Å². The van der Waals surface area contributed by atoms with E-state index in [-0.39, 0.29) is 0 Å². The maximum atomic E-state index is 4.36. The van der Waals surface area contributed by atoms with Crippen molar-refractivity contribution < 1.29 is 4.74 Å². The van der Waals surface area contributed by atoms with Crippen molar-refractivity contribution in [2.75, 3.05) is 0 Å². The summed E-state index contributed by atoms with van der Waals surface area (Å²) in [5, 5.41) is 0. The zero-order valence-electron chi connectivity index (χ0n) is 11.2. The summed E-state index contributed by atoms with van der Waals surface area (Å²) < 4.78 is 4.36. The van der Waals surface area contributed by atoms with Crippen LogP contribution in [-0.2, 0) is 17.6 Å². The quantitative estimate of drug-likeness (QED) is 0.697. The number of aryl methyl sites for hydroxylation is 2. The van der Waals surface area contributed by atoms with Gasteiger partial charge in [0.2, 0.25) is 0 Å². The molecule has 0 fully saturated rings. The summed E-state index contributed by atoms with van der Waals surface area (Å²) >= 11 is 0. The van der Waals surface area contributed by atoms with Gasteiger partial charge in [-0.2, -0.15) is 0 Å². The van der Waals surface area contributed by atoms with Crippen molar-refractivity contribution in [2.45, 2.75) is 12.8 Å². The molecule has 0 radical (unpaired) electrons. The van der Waals surface area contributed by atoms with E-state index < -0.39 is 0 Å². The lowest BCUT2D eigenvalue weighted by molar-refractivity contribution is 0.406. The Labute approximate surface area is 115 Å². The summed E-state index contributed by atoms with van der Waals surface area (Å²) in [6.07, 6.45) is 4.88. The first-order valence-corrected chi connectivity index (χ1v) is 6.32. The van der Waals surface area contributed by atoms with Gasteiger partial charge in [-0.3, -0.25) is 0 Å². The van der Waals surface area contributed by atoms with Crippen LogP contribution in [0.25, 0.3) is 0 Å². The van der Waals surface area contributed by atoms with Gasteiger partial charge in [0, 0.05) is 0 Å². The van der Waals surface area contributed by atoms with Gasteiger partial charge in [0.25, 0.3) is 0 Å². The van der Waals surface area contributed by atoms with Gasteiger partial charge in [0.15, 0.2) is 0 Å². The van der Waals surface area contributed by atoms with Crippen LogP contribution >= 0.6 is 0 Å². The number of hydrogen-bond acceptors (Lipinski definition) is 1. The smallest absolute Gasteiger partial charge is 0.0829 e. The molecule has 0 aliphatic rings. The minimum atomic E-state index is 1.13. The Balaban J connectivity index is 0.000000312. The Morgan fingerprint density at radius 1 is 0.684 bits per heavy atom. The average Bonchev–Trinajstić information content (AvgIpc) is 2.49. The molecule has 0 bridgehead atoms. The number of benzene rings is 2. The van der Waals surface area contributed by atoms with Crippen LogP contribution in [0.4, 0.5) is 0 Å². The third-order valence-corrected chi connectivity index (χ3v) is 2.58. The zero-order chi connectivity index (χ0) is 13.8. The molecular weight excluding hydrogens is 232 g/mol. The Kier molecular flexibility index (Phi) is 7.56. The molecule has 0 heterocycles. The first kappa shape index (κ1) is 14.8. The molecule has 19 heavy (non-hydrogen) atoms. The van der Waals surface area contributed by atoms with Crippen LogP contribution in [0.5, 0.6) is 0 Å². The molecule has 0 amide bonds. The van der Waals surface area contributed by atoms with E-state index in [0.717, 1.165) is 12.8 Å². The number of rotatable bonds is 5. The predicted molar refractivity (Wildman–Crippen MR) is 81.8 cm³/mol. The van der Waals surface area contributed by atoms with Crippen LogP contribution < -0.4 is 0 Å². The highest BCUT2D eigenvalue weighted by atomic mass is 16.5. The van der Waals surface area contributed by atoms with Crippen LogP contribution in [0.2, 0.25) is 0 Å². The predicted octanol–water partition coefficient (Wildman–Crippen LogP) is 4.76. The lowest BCUT2D eigenvalue weighted by Gasteiger charge is -2.01. The Morgan fingerprint density at radius 3 is 1.32 bits per heavy atom. The standard InChI is InChI=1S/C14H14.C4H6O/c1-3-7-13(8-4-1)11-12-14-9-5-2-6-10-14;1-3-5-4-2/h1-10H,11-12H2;3-4H,1-2H2. The van der Waals surface area contributed by atoms with Crippen molar-refractivity contribution in [2.24, 2.45) is 0 Å². The molecule has 0 aliphatic heterocycles. The molecule has 2 rings (SSSR count). The second kappa shape index (κ2) is 9.72. The van der Waals surface area contributed by atoms with E-state index in [1.165, 1.54) is 23.7 Å². The first-order valence-electron chi connectivity index (χ1n) is 6.32. The first-order chi connectivity index (χ1) is 9.36. The van der Waals surface area contributed by atoms with Crippen molar-refractivity contribution in [1.82, 2.24) is 0 Å². The fraction of sp³-hybridized carbons (Fsp3) is 0.111. The van der Waals surface area contributed by atoms with Crippen LogP contribution in [0.1, 0.15) is 11.1 Å². The Hall–Kier alpha value is -2.28. The largest absolute Gasteiger partial charge is 0.474 e.